The summed E-state index contributed by atoms with van der Waals surface area (Å²) in [7, 11) is 0. The molecule has 1 amide bonds. The topological polar surface area (TPSA) is 87.7 Å². The van der Waals surface area contributed by atoms with E-state index in [2.05, 4.69) is 5.16 Å². The third-order valence-corrected chi connectivity index (χ3v) is 2.62. The Morgan fingerprint density at radius 1 is 1.33 bits per heavy atom. The van der Waals surface area contributed by atoms with Crippen LogP contribution in [0.4, 0.5) is 17.6 Å². The molecule has 0 heterocycles. The molecule has 1 aromatic rings. The van der Waals surface area contributed by atoms with Gasteiger partial charge in [0.25, 0.3) is 0 Å². The minimum Gasteiger partial charge on any atom is -0.409 e. The molecule has 0 fully saturated rings. The molecule has 9 heteroatoms. The van der Waals surface area contributed by atoms with E-state index in [0.717, 1.165) is 0 Å². The number of benzene rings is 1. The fourth-order valence-corrected chi connectivity index (χ4v) is 1.54. The number of oxime groups is 1. The molecule has 1 aromatic carbocycles. The summed E-state index contributed by atoms with van der Waals surface area (Å²) >= 11 is 0. The second-order valence-corrected chi connectivity index (χ2v) is 4.15. The molecule has 4 N–H and O–H groups in total. The van der Waals surface area contributed by atoms with Gasteiger partial charge in [-0.05, 0) is 5.56 Å². The van der Waals surface area contributed by atoms with Gasteiger partial charge in [-0.1, -0.05) is 35.5 Å². The van der Waals surface area contributed by atoms with Crippen molar-refractivity contribution in [3.8, 4) is 0 Å². The van der Waals surface area contributed by atoms with E-state index in [1.165, 1.54) is 12.1 Å². The van der Waals surface area contributed by atoms with Gasteiger partial charge in [-0.25, -0.2) is 8.78 Å². The van der Waals surface area contributed by atoms with Crippen molar-refractivity contribution in [1.29, 1.82) is 0 Å². The number of amides is 1. The van der Waals surface area contributed by atoms with Crippen LogP contribution in [0.5, 0.6) is 0 Å². The van der Waals surface area contributed by atoms with Crippen LogP contribution < -0.4 is 11.1 Å². The Hall–Kier alpha value is -2.32. The third-order valence-electron chi connectivity index (χ3n) is 2.62. The predicted octanol–water partition coefficient (Wildman–Crippen LogP) is 1.53. The number of nitrogens with zero attached hydrogens (tertiary/aromatic N) is 1. The molecule has 0 bridgehead atoms. The SMILES string of the molecule is N/C(=N/O)C(C(=O)NCC(F)(F)C(F)F)c1ccccc1. The number of nitrogens with two attached hydrogens (primary N) is 1. The van der Waals surface area contributed by atoms with Gasteiger partial charge in [-0.15, -0.1) is 0 Å². The number of carbonyl (C=O) groups excluding carboxylic acids is 1. The number of hydrogen-bond acceptors (Lipinski definition) is 3. The molecular formula is C12H13F4N3O2. The first-order valence-electron chi connectivity index (χ1n) is 5.75. The average molecular weight is 307 g/mol. The molecule has 0 radical (unpaired) electrons. The highest BCUT2D eigenvalue weighted by Gasteiger charge is 2.41. The van der Waals surface area contributed by atoms with Crippen molar-refractivity contribution in [1.82, 2.24) is 5.32 Å². The van der Waals surface area contributed by atoms with Gasteiger partial charge in [0.15, 0.2) is 5.84 Å². The van der Waals surface area contributed by atoms with Gasteiger partial charge in [-0.3, -0.25) is 4.79 Å². The van der Waals surface area contributed by atoms with Crippen molar-refractivity contribution in [3.63, 3.8) is 0 Å². The maximum absolute atomic E-state index is 12.8. The molecule has 1 rings (SSSR count). The number of alkyl halides is 4. The summed E-state index contributed by atoms with van der Waals surface area (Å²) in [5.41, 5.74) is 5.62. The van der Waals surface area contributed by atoms with Crippen LogP contribution >= 0.6 is 0 Å². The first kappa shape index (κ1) is 16.7. The molecule has 0 saturated carbocycles. The average Bonchev–Trinajstić information content (AvgIpc) is 2.46. The smallest absolute Gasteiger partial charge is 0.324 e. The molecule has 0 saturated heterocycles. The molecule has 5 nitrogen and oxygen atoms in total. The minimum atomic E-state index is -4.36. The fraction of sp³-hybridized carbons (Fsp3) is 0.333. The Morgan fingerprint density at radius 2 is 1.90 bits per heavy atom. The molecule has 0 spiro atoms. The van der Waals surface area contributed by atoms with Gasteiger partial charge in [0.05, 0.1) is 6.54 Å². The molecule has 0 aliphatic carbocycles. The van der Waals surface area contributed by atoms with Crippen LogP contribution in [0.1, 0.15) is 11.5 Å². The largest absolute Gasteiger partial charge is 0.409 e. The lowest BCUT2D eigenvalue weighted by atomic mass is 9.97. The Bertz CT molecular complexity index is 508. The number of amidine groups is 1. The van der Waals surface area contributed by atoms with Crippen molar-refractivity contribution in [3.05, 3.63) is 35.9 Å². The van der Waals surface area contributed by atoms with Gasteiger partial charge >= 0.3 is 12.3 Å². The number of carbonyl (C=O) groups is 1. The van der Waals surface area contributed by atoms with E-state index in [1.54, 1.807) is 23.5 Å². The van der Waals surface area contributed by atoms with Crippen LogP contribution in [0.2, 0.25) is 0 Å². The Labute approximate surface area is 117 Å². The van der Waals surface area contributed by atoms with Crippen LogP contribution in [0.3, 0.4) is 0 Å². The maximum Gasteiger partial charge on any atom is 0.324 e. The lowest BCUT2D eigenvalue weighted by Crippen LogP contribution is -2.45. The summed E-state index contributed by atoms with van der Waals surface area (Å²) in [4.78, 5) is 11.9. The van der Waals surface area contributed by atoms with E-state index in [9.17, 15) is 22.4 Å². The second-order valence-electron chi connectivity index (χ2n) is 4.15. The fourth-order valence-electron chi connectivity index (χ4n) is 1.54. The molecule has 1 atom stereocenters. The summed E-state index contributed by atoms with van der Waals surface area (Å²) in [6.07, 6.45) is -3.91. The molecule has 0 aliphatic rings. The maximum atomic E-state index is 12.8. The van der Waals surface area contributed by atoms with Crippen molar-refractivity contribution in [2.24, 2.45) is 10.9 Å². The molecule has 0 aromatic heterocycles. The zero-order valence-electron chi connectivity index (χ0n) is 10.6. The standard InChI is InChI=1S/C12H13F4N3O2/c13-11(14)12(15,16)6-18-10(20)8(9(17)19-21)7-4-2-1-3-5-7/h1-5,8,11,21H,6H2,(H2,17,19)(H,18,20). The van der Waals surface area contributed by atoms with Gasteiger partial charge in [-0.2, -0.15) is 8.78 Å². The number of halogens is 4. The number of nitrogens with one attached hydrogen (secondary N) is 1. The van der Waals surface area contributed by atoms with Gasteiger partial charge in [0, 0.05) is 0 Å². The number of rotatable bonds is 6. The van der Waals surface area contributed by atoms with E-state index in [-0.39, 0.29) is 5.56 Å². The van der Waals surface area contributed by atoms with Crippen LogP contribution in [0.25, 0.3) is 0 Å². The highest BCUT2D eigenvalue weighted by atomic mass is 19.3. The molecular weight excluding hydrogens is 294 g/mol. The monoisotopic (exact) mass is 307 g/mol. The number of hydrogen-bond donors (Lipinski definition) is 3. The minimum absolute atomic E-state index is 0.269. The van der Waals surface area contributed by atoms with E-state index in [4.69, 9.17) is 10.9 Å². The van der Waals surface area contributed by atoms with E-state index < -0.39 is 36.6 Å². The molecule has 0 aliphatic heterocycles. The third kappa shape index (κ3) is 4.33. The summed E-state index contributed by atoms with van der Waals surface area (Å²) < 4.78 is 49.6. The van der Waals surface area contributed by atoms with E-state index >= 15 is 0 Å². The summed E-state index contributed by atoms with van der Waals surface area (Å²) in [6.45, 7) is -1.55. The van der Waals surface area contributed by atoms with Crippen LogP contribution in [-0.2, 0) is 4.79 Å². The second kappa shape index (κ2) is 6.91. The highest BCUT2D eigenvalue weighted by Crippen LogP contribution is 2.22. The Kier molecular flexibility index (Phi) is 5.51. The lowest BCUT2D eigenvalue weighted by Gasteiger charge is -2.19. The van der Waals surface area contributed by atoms with E-state index in [0.29, 0.717) is 0 Å². The molecule has 116 valence electrons. The lowest BCUT2D eigenvalue weighted by molar-refractivity contribution is -0.136. The normalized spacial score (nSPS) is 14.0. The first-order valence-corrected chi connectivity index (χ1v) is 5.75. The quantitative estimate of drug-likeness (QED) is 0.245. The first-order chi connectivity index (χ1) is 9.79. The van der Waals surface area contributed by atoms with Gasteiger partial charge in [0.2, 0.25) is 5.91 Å². The molecule has 1 unspecified atom stereocenters. The zero-order valence-corrected chi connectivity index (χ0v) is 10.6. The zero-order chi connectivity index (χ0) is 16.0. The summed E-state index contributed by atoms with van der Waals surface area (Å²) in [6, 6.07) is 7.64. The Balaban J connectivity index is 2.89. The van der Waals surface area contributed by atoms with Gasteiger partial charge < -0.3 is 16.3 Å². The molecule has 21 heavy (non-hydrogen) atoms. The van der Waals surface area contributed by atoms with Crippen molar-refractivity contribution >= 4 is 11.7 Å². The van der Waals surface area contributed by atoms with Gasteiger partial charge in [0.1, 0.15) is 5.92 Å². The highest BCUT2D eigenvalue weighted by molar-refractivity contribution is 6.07. The van der Waals surface area contributed by atoms with Crippen LogP contribution in [0.15, 0.2) is 35.5 Å². The van der Waals surface area contributed by atoms with Crippen molar-refractivity contribution in [2.45, 2.75) is 18.3 Å². The summed E-state index contributed by atoms with van der Waals surface area (Å²) in [5.74, 6) is -7.33. The predicted molar refractivity (Wildman–Crippen MR) is 66.6 cm³/mol. The summed E-state index contributed by atoms with van der Waals surface area (Å²) in [5, 5.41) is 13.0. The van der Waals surface area contributed by atoms with E-state index in [1.807, 2.05) is 0 Å². The van der Waals surface area contributed by atoms with Crippen molar-refractivity contribution < 1.29 is 27.6 Å². The van der Waals surface area contributed by atoms with Crippen molar-refractivity contribution in [2.75, 3.05) is 6.54 Å². The van der Waals surface area contributed by atoms with Crippen LogP contribution in [-0.4, -0.2) is 35.8 Å². The Morgan fingerprint density at radius 3 is 2.38 bits per heavy atom. The van der Waals surface area contributed by atoms with Crippen LogP contribution in [0, 0.1) is 0 Å².